The van der Waals surface area contributed by atoms with E-state index < -0.39 is 53.9 Å². The average Bonchev–Trinajstić information content (AvgIpc) is 3.02. The molecule has 0 aliphatic heterocycles. The molecule has 262 valence electrons. The summed E-state index contributed by atoms with van der Waals surface area (Å²) in [6.45, 7) is -1.14. The van der Waals surface area contributed by atoms with Gasteiger partial charge in [-0.1, -0.05) is 10.1 Å². The fourth-order valence-electron chi connectivity index (χ4n) is 3.27. The molecule has 0 aromatic heterocycles. The minimum absolute atomic E-state index is 0.0138. The third-order valence-corrected chi connectivity index (χ3v) is 10.3. The number of phenolic OH excluding ortho intramolecular Hbond substituents is 1. The van der Waals surface area contributed by atoms with E-state index in [9.17, 15) is 30.4 Å². The highest BCUT2D eigenvalue weighted by Crippen LogP contribution is 2.39. The lowest BCUT2D eigenvalue weighted by molar-refractivity contribution is -0.434. The van der Waals surface area contributed by atoms with Crippen LogP contribution in [-0.4, -0.2) is 70.1 Å². The monoisotopic (exact) mass is 773 g/mol. The van der Waals surface area contributed by atoms with Gasteiger partial charge in [-0.05, 0) is 48.5 Å². The molecule has 0 bridgehead atoms. The summed E-state index contributed by atoms with van der Waals surface area (Å²) in [5.41, 5.74) is 5.98. The van der Waals surface area contributed by atoms with Crippen LogP contribution in [-0.2, 0) is 57.2 Å². The van der Waals surface area contributed by atoms with Crippen LogP contribution in [0, 0.1) is 0 Å². The number of nitrogens with two attached hydrogens (primary N) is 1. The van der Waals surface area contributed by atoms with E-state index in [1.807, 2.05) is 0 Å². The molecule has 0 spiro atoms. The summed E-state index contributed by atoms with van der Waals surface area (Å²) in [7, 11) is -12.8. The zero-order chi connectivity index (χ0) is 35.4. The van der Waals surface area contributed by atoms with Crippen molar-refractivity contribution in [3.63, 3.8) is 0 Å². The second-order valence-corrected chi connectivity index (χ2v) is 15.1. The number of benzene rings is 3. The first kappa shape index (κ1) is 39.1. The molecule has 0 fully saturated rings. The Balaban J connectivity index is 1.79. The molecule has 6 N–H and O–H groups in total. The topological polar surface area (TPSA) is 314 Å². The molecule has 0 aliphatic carbocycles. The molecule has 3 aromatic rings. The number of hydrogen-bond donors (Lipinski definition) is 5. The van der Waals surface area contributed by atoms with Crippen molar-refractivity contribution in [3.8, 4) is 5.75 Å². The van der Waals surface area contributed by atoms with E-state index in [4.69, 9.17) is 25.0 Å². The van der Waals surface area contributed by atoms with E-state index in [2.05, 4.69) is 43.4 Å². The van der Waals surface area contributed by atoms with Crippen LogP contribution < -0.4 is 5.73 Å². The first-order valence-electron chi connectivity index (χ1n) is 12.3. The third-order valence-electron chi connectivity index (χ3n) is 5.43. The number of phenols is 1. The van der Waals surface area contributed by atoms with Crippen molar-refractivity contribution < 1.29 is 72.5 Å². The van der Waals surface area contributed by atoms with Crippen LogP contribution in [0.2, 0.25) is 0 Å². The Kier molecular flexibility index (Phi) is 14.6. The highest BCUT2D eigenvalue weighted by atomic mass is 32.3. The number of sulfone groups is 2. The second-order valence-electron chi connectivity index (χ2n) is 8.57. The molecule has 0 radical (unpaired) electrons. The summed E-state index contributed by atoms with van der Waals surface area (Å²) in [5.74, 6) is -1.66. The smallest absolute Gasteiger partial charge is 0.397 e. The summed E-state index contributed by atoms with van der Waals surface area (Å²) >= 11 is 0.571. The van der Waals surface area contributed by atoms with Crippen LogP contribution in [0.4, 0.5) is 28.4 Å². The van der Waals surface area contributed by atoms with Crippen molar-refractivity contribution in [1.82, 2.24) is 0 Å². The first-order chi connectivity index (χ1) is 22.6. The van der Waals surface area contributed by atoms with Crippen molar-refractivity contribution in [1.29, 1.82) is 0 Å². The van der Waals surface area contributed by atoms with Gasteiger partial charge in [-0.25, -0.2) is 31.5 Å². The Hall–Kier alpha value is -3.35. The van der Waals surface area contributed by atoms with Crippen LogP contribution >= 0.6 is 24.4 Å². The van der Waals surface area contributed by atoms with Gasteiger partial charge in [0.15, 0.2) is 32.0 Å². The number of rotatable bonds is 19. The van der Waals surface area contributed by atoms with Gasteiger partial charge < -0.3 is 10.8 Å². The lowest BCUT2D eigenvalue weighted by Crippen LogP contribution is -2.15. The number of aromatic hydroxyl groups is 1. The zero-order valence-electron chi connectivity index (χ0n) is 23.6. The molecule has 3 aromatic carbocycles. The minimum atomic E-state index is -4.86. The van der Waals surface area contributed by atoms with Crippen LogP contribution in [0.15, 0.2) is 89.7 Å². The molecular weight excluding hydrogens is 751 g/mol. The number of azo groups is 2. The van der Waals surface area contributed by atoms with Crippen LogP contribution in [0.5, 0.6) is 5.75 Å². The Morgan fingerprint density at radius 1 is 0.708 bits per heavy atom. The van der Waals surface area contributed by atoms with E-state index in [-0.39, 0.29) is 62.1 Å². The standard InChI is InChI=1S/C22H23N5O16S5/c23-17-12-21(28)20(13-19(17)26-24-14-1-3-15(4-2-14)46(31,32)9-7-38-45-43-41-30)27-25-18-6-5-16(11-22(18)44-42-40-29)47(33,34)10-8-39-48(35,36)37/h1-6,11-13,28-30H,7-10,23H2,(H,35,36,37). The van der Waals surface area contributed by atoms with E-state index in [1.54, 1.807) is 0 Å². The molecule has 0 unspecified atom stereocenters. The second kappa shape index (κ2) is 17.9. The molecule has 3 rings (SSSR count). The summed E-state index contributed by atoms with van der Waals surface area (Å²) in [6, 6.07) is 10.9. The number of nitrogens with zero attached hydrogens (tertiary/aromatic N) is 4. The predicted molar refractivity (Wildman–Crippen MR) is 164 cm³/mol. The molecule has 48 heavy (non-hydrogen) atoms. The molecule has 21 nitrogen and oxygen atoms in total. The fourth-order valence-corrected chi connectivity index (χ4v) is 6.74. The molecule has 0 saturated carbocycles. The number of nitrogen functional groups attached to an aromatic ring is 1. The first-order valence-corrected chi connectivity index (χ1v) is 18.4. The largest absolute Gasteiger partial charge is 0.506 e. The van der Waals surface area contributed by atoms with Crippen molar-refractivity contribution in [3.05, 3.63) is 54.6 Å². The lowest BCUT2D eigenvalue weighted by atomic mass is 10.2. The van der Waals surface area contributed by atoms with Gasteiger partial charge in [0.05, 0.1) is 62.8 Å². The summed E-state index contributed by atoms with van der Waals surface area (Å²) in [4.78, 5) is -0.450. The van der Waals surface area contributed by atoms with Crippen LogP contribution in [0.3, 0.4) is 0 Å². The lowest BCUT2D eigenvalue weighted by Gasteiger charge is -2.08. The minimum Gasteiger partial charge on any atom is -0.506 e. The summed E-state index contributed by atoms with van der Waals surface area (Å²) < 4.78 is 97.2. The van der Waals surface area contributed by atoms with Gasteiger partial charge in [-0.3, -0.25) is 8.74 Å². The molecule has 0 atom stereocenters. The van der Waals surface area contributed by atoms with Gasteiger partial charge in [-0.15, -0.1) is 24.0 Å². The Bertz CT molecular complexity index is 1940. The fraction of sp³-hybridized carbons (Fsp3) is 0.182. The molecule has 0 saturated heterocycles. The van der Waals surface area contributed by atoms with E-state index in [1.165, 1.54) is 36.4 Å². The molecule has 0 amide bonds. The summed E-state index contributed by atoms with van der Waals surface area (Å²) in [6.07, 6.45) is 0. The Morgan fingerprint density at radius 2 is 1.31 bits per heavy atom. The van der Waals surface area contributed by atoms with Crippen molar-refractivity contribution >= 4 is 82.9 Å². The highest BCUT2D eigenvalue weighted by molar-refractivity contribution is 7.95. The highest BCUT2D eigenvalue weighted by Gasteiger charge is 2.20. The Labute approximate surface area is 280 Å². The maximum atomic E-state index is 12.6. The molecule has 26 heteroatoms. The van der Waals surface area contributed by atoms with Crippen LogP contribution in [0.1, 0.15) is 0 Å². The van der Waals surface area contributed by atoms with Crippen molar-refractivity contribution in [2.75, 3.05) is 30.5 Å². The maximum Gasteiger partial charge on any atom is 0.397 e. The van der Waals surface area contributed by atoms with Gasteiger partial charge in [0.2, 0.25) is 0 Å². The number of hydrogen-bond acceptors (Lipinski definition) is 22. The van der Waals surface area contributed by atoms with Crippen LogP contribution in [0.25, 0.3) is 0 Å². The quantitative estimate of drug-likeness (QED) is 0.0211. The normalized spacial score (nSPS) is 12.7. The molecule has 0 aliphatic rings. The average molecular weight is 774 g/mol. The third kappa shape index (κ3) is 12.3. The maximum absolute atomic E-state index is 12.6. The zero-order valence-corrected chi connectivity index (χ0v) is 27.7. The Morgan fingerprint density at radius 3 is 1.98 bits per heavy atom. The predicted octanol–water partition coefficient (Wildman–Crippen LogP) is 4.60. The van der Waals surface area contributed by atoms with Gasteiger partial charge in [-0.2, -0.15) is 13.5 Å². The van der Waals surface area contributed by atoms with Crippen molar-refractivity contribution in [2.24, 2.45) is 20.5 Å². The number of anilines is 1. The van der Waals surface area contributed by atoms with Gasteiger partial charge >= 0.3 is 10.4 Å². The van der Waals surface area contributed by atoms with Gasteiger partial charge in [0.1, 0.15) is 22.8 Å². The SMILES string of the molecule is Nc1cc(O)c(N=Nc2ccc(S(=O)(=O)CCOS(=O)(=O)O)cc2SOOO)cc1N=Nc1ccc(S(=O)(=O)CCOSOOO)cc1. The molecule has 0 heterocycles. The van der Waals surface area contributed by atoms with Crippen molar-refractivity contribution in [2.45, 2.75) is 14.7 Å². The van der Waals surface area contributed by atoms with Gasteiger partial charge in [0.25, 0.3) is 0 Å². The van der Waals surface area contributed by atoms with E-state index >= 15 is 0 Å². The molecular formula is C22H23N5O16S5. The van der Waals surface area contributed by atoms with Gasteiger partial charge in [0, 0.05) is 6.07 Å². The van der Waals surface area contributed by atoms with E-state index in [0.29, 0.717) is 12.0 Å². The summed E-state index contributed by atoms with van der Waals surface area (Å²) in [5, 5.41) is 49.7. The van der Waals surface area contributed by atoms with E-state index in [0.717, 1.165) is 18.2 Å².